The van der Waals surface area contributed by atoms with Gasteiger partial charge in [-0.3, -0.25) is 4.79 Å². The van der Waals surface area contributed by atoms with Gasteiger partial charge in [-0.05, 0) is 30.9 Å². The van der Waals surface area contributed by atoms with Gasteiger partial charge in [0, 0.05) is 23.6 Å². The van der Waals surface area contributed by atoms with E-state index in [1.807, 2.05) is 0 Å². The van der Waals surface area contributed by atoms with Crippen molar-refractivity contribution in [2.45, 2.75) is 33.6 Å². The number of anilines is 1. The summed E-state index contributed by atoms with van der Waals surface area (Å²) in [6.45, 7) is 5.93. The molecule has 1 heterocycles. The van der Waals surface area contributed by atoms with E-state index in [9.17, 15) is 10.0 Å². The molecular weight excluding hydrogens is 348 g/mol. The van der Waals surface area contributed by atoms with Crippen molar-refractivity contribution < 1.29 is 23.9 Å². The summed E-state index contributed by atoms with van der Waals surface area (Å²) in [5.41, 5.74) is 2.29. The van der Waals surface area contributed by atoms with Gasteiger partial charge in [0.15, 0.2) is 5.76 Å². The molecule has 0 radical (unpaired) electrons. The minimum atomic E-state index is -0.399. The minimum absolute atomic E-state index is 0.109. The first-order valence-electron chi connectivity index (χ1n) is 8.66. The maximum atomic E-state index is 12.9. The van der Waals surface area contributed by atoms with E-state index in [0.29, 0.717) is 47.1 Å². The van der Waals surface area contributed by atoms with E-state index in [-0.39, 0.29) is 11.2 Å². The number of furan rings is 1. The lowest BCUT2D eigenvalue weighted by Crippen LogP contribution is -2.27. The van der Waals surface area contributed by atoms with E-state index in [1.165, 1.54) is 7.11 Å². The van der Waals surface area contributed by atoms with Crippen LogP contribution < -0.4 is 14.8 Å². The molecule has 0 spiro atoms. The Balaban J connectivity index is 1.97. The van der Waals surface area contributed by atoms with Crippen molar-refractivity contribution in [3.63, 3.8) is 0 Å². The molecule has 0 bridgehead atoms. The Hall–Kier alpha value is -2.96. The van der Waals surface area contributed by atoms with E-state index in [0.717, 1.165) is 5.56 Å². The van der Waals surface area contributed by atoms with Crippen LogP contribution in [-0.4, -0.2) is 31.0 Å². The van der Waals surface area contributed by atoms with Gasteiger partial charge in [0.25, 0.3) is 5.91 Å². The highest BCUT2D eigenvalue weighted by Gasteiger charge is 2.36. The molecule has 0 saturated carbocycles. The van der Waals surface area contributed by atoms with Crippen LogP contribution in [0.5, 0.6) is 11.5 Å². The largest absolute Gasteiger partial charge is 0.497 e. The van der Waals surface area contributed by atoms with Crippen LogP contribution in [0, 0.1) is 12.3 Å². The summed E-state index contributed by atoms with van der Waals surface area (Å²) in [7, 11) is 3.08. The topological polar surface area (TPSA) is 93.3 Å². The molecule has 0 saturated heterocycles. The maximum Gasteiger partial charge on any atom is 0.291 e. The third-order valence-corrected chi connectivity index (χ3v) is 4.78. The Kier molecular flexibility index (Phi) is 4.87. The Bertz CT molecular complexity index is 911. The number of hydrogen-bond donors (Lipinski definition) is 2. The molecule has 3 rings (SSSR count). The minimum Gasteiger partial charge on any atom is -0.497 e. The number of benzene rings is 1. The molecule has 1 aliphatic rings. The Morgan fingerprint density at radius 3 is 2.63 bits per heavy atom. The summed E-state index contributed by atoms with van der Waals surface area (Å²) in [4.78, 5) is 12.9. The van der Waals surface area contributed by atoms with Crippen molar-refractivity contribution in [3.05, 3.63) is 40.8 Å². The molecule has 0 unspecified atom stereocenters. The van der Waals surface area contributed by atoms with Crippen LogP contribution >= 0.6 is 0 Å². The second-order valence-electron chi connectivity index (χ2n) is 7.44. The summed E-state index contributed by atoms with van der Waals surface area (Å²) in [5, 5.41) is 15.7. The van der Waals surface area contributed by atoms with Gasteiger partial charge in [-0.1, -0.05) is 19.0 Å². The lowest BCUT2D eigenvalue weighted by Gasteiger charge is -2.28. The third kappa shape index (κ3) is 3.49. The van der Waals surface area contributed by atoms with Crippen LogP contribution in [0.25, 0.3) is 0 Å². The number of nitrogens with zero attached hydrogens (tertiary/aromatic N) is 1. The van der Waals surface area contributed by atoms with Gasteiger partial charge in [-0.2, -0.15) is 0 Å². The van der Waals surface area contributed by atoms with Crippen molar-refractivity contribution in [2.75, 3.05) is 19.5 Å². The Labute approximate surface area is 158 Å². The van der Waals surface area contributed by atoms with E-state index in [4.69, 9.17) is 13.9 Å². The SMILES string of the molecule is COc1ccc(OC)c(NC(=O)c2oc3c(c2C)/C(=N/O)CC(C)(C)C3)c1. The second kappa shape index (κ2) is 6.98. The van der Waals surface area contributed by atoms with E-state index < -0.39 is 5.91 Å². The molecule has 0 aliphatic heterocycles. The number of methoxy groups -OCH3 is 2. The van der Waals surface area contributed by atoms with E-state index in [1.54, 1.807) is 32.2 Å². The van der Waals surface area contributed by atoms with Gasteiger partial charge < -0.3 is 24.4 Å². The highest BCUT2D eigenvalue weighted by Crippen LogP contribution is 2.39. The molecule has 7 heteroatoms. The number of hydrogen-bond acceptors (Lipinski definition) is 6. The second-order valence-corrected chi connectivity index (χ2v) is 7.44. The molecule has 1 amide bonds. The fraction of sp³-hybridized carbons (Fsp3) is 0.400. The van der Waals surface area contributed by atoms with E-state index >= 15 is 0 Å². The number of rotatable bonds is 4. The standard InChI is InChI=1S/C20H24N2O5/c1-11-17-14(22-24)9-20(2,3)10-16(17)27-18(11)19(23)21-13-8-12(25-4)6-7-15(13)26-5/h6-8,24H,9-10H2,1-5H3,(H,21,23)/b22-14+. The Morgan fingerprint density at radius 2 is 2.00 bits per heavy atom. The summed E-state index contributed by atoms with van der Waals surface area (Å²) < 4.78 is 16.4. The zero-order valence-electron chi connectivity index (χ0n) is 16.2. The van der Waals surface area contributed by atoms with Crippen LogP contribution in [-0.2, 0) is 6.42 Å². The predicted molar refractivity (Wildman–Crippen MR) is 101 cm³/mol. The molecule has 144 valence electrons. The number of carbonyl (C=O) groups excluding carboxylic acids is 1. The summed E-state index contributed by atoms with van der Waals surface area (Å²) in [6, 6.07) is 5.14. The van der Waals surface area contributed by atoms with Crippen molar-refractivity contribution in [3.8, 4) is 11.5 Å². The number of nitrogens with one attached hydrogen (secondary N) is 1. The van der Waals surface area contributed by atoms with Crippen LogP contribution in [0.4, 0.5) is 5.69 Å². The molecule has 1 aromatic heterocycles. The van der Waals surface area contributed by atoms with Gasteiger partial charge in [0.05, 0.1) is 25.6 Å². The van der Waals surface area contributed by atoms with Gasteiger partial charge in [0.1, 0.15) is 17.3 Å². The average Bonchev–Trinajstić information content (AvgIpc) is 2.96. The first-order valence-corrected chi connectivity index (χ1v) is 8.66. The molecule has 2 N–H and O–H groups in total. The van der Waals surface area contributed by atoms with Gasteiger partial charge in [0.2, 0.25) is 0 Å². The zero-order chi connectivity index (χ0) is 19.8. The molecule has 27 heavy (non-hydrogen) atoms. The quantitative estimate of drug-likeness (QED) is 0.625. The summed E-state index contributed by atoms with van der Waals surface area (Å²) in [5.74, 6) is 1.57. The molecule has 7 nitrogen and oxygen atoms in total. The highest BCUT2D eigenvalue weighted by molar-refractivity contribution is 6.09. The van der Waals surface area contributed by atoms with Crippen molar-refractivity contribution in [2.24, 2.45) is 10.6 Å². The molecule has 1 aromatic carbocycles. The van der Waals surface area contributed by atoms with Gasteiger partial charge in [-0.15, -0.1) is 0 Å². The first-order chi connectivity index (χ1) is 12.8. The molecule has 0 fully saturated rings. The van der Waals surface area contributed by atoms with Gasteiger partial charge in [-0.25, -0.2) is 0 Å². The number of carbonyl (C=O) groups is 1. The normalized spacial score (nSPS) is 16.7. The fourth-order valence-electron chi connectivity index (χ4n) is 3.51. The number of amides is 1. The van der Waals surface area contributed by atoms with Crippen molar-refractivity contribution in [1.82, 2.24) is 0 Å². The van der Waals surface area contributed by atoms with Crippen LogP contribution in [0.2, 0.25) is 0 Å². The summed E-state index contributed by atoms with van der Waals surface area (Å²) >= 11 is 0. The number of oxime groups is 1. The molecule has 1 aliphatic carbocycles. The number of fused-ring (bicyclic) bond motifs is 1. The molecular formula is C20H24N2O5. The van der Waals surface area contributed by atoms with Crippen LogP contribution in [0.3, 0.4) is 0 Å². The molecule has 0 atom stereocenters. The smallest absolute Gasteiger partial charge is 0.291 e. The van der Waals surface area contributed by atoms with Crippen LogP contribution in [0.1, 0.15) is 47.7 Å². The van der Waals surface area contributed by atoms with Crippen molar-refractivity contribution in [1.29, 1.82) is 0 Å². The predicted octanol–water partition coefficient (Wildman–Crippen LogP) is 4.01. The zero-order valence-corrected chi connectivity index (χ0v) is 16.2. The first kappa shape index (κ1) is 18.8. The fourth-order valence-corrected chi connectivity index (χ4v) is 3.51. The summed E-state index contributed by atoms with van der Waals surface area (Å²) in [6.07, 6.45) is 1.28. The highest BCUT2D eigenvalue weighted by atomic mass is 16.5. The van der Waals surface area contributed by atoms with Gasteiger partial charge >= 0.3 is 0 Å². The number of ether oxygens (including phenoxy) is 2. The monoisotopic (exact) mass is 372 g/mol. The van der Waals surface area contributed by atoms with Crippen LogP contribution in [0.15, 0.2) is 27.8 Å². The average molecular weight is 372 g/mol. The lowest BCUT2D eigenvalue weighted by atomic mass is 9.75. The maximum absolute atomic E-state index is 12.9. The van der Waals surface area contributed by atoms with E-state index in [2.05, 4.69) is 24.3 Å². The van der Waals surface area contributed by atoms with Crippen molar-refractivity contribution >= 4 is 17.3 Å². The molecule has 2 aromatic rings. The Morgan fingerprint density at radius 1 is 1.26 bits per heavy atom. The third-order valence-electron chi connectivity index (χ3n) is 4.78. The lowest BCUT2D eigenvalue weighted by molar-refractivity contribution is 0.0992.